The van der Waals surface area contributed by atoms with Crippen LogP contribution in [-0.2, 0) is 19.7 Å². The number of unbranched alkanes of at least 4 members (excludes halogenated alkanes) is 2. The molecule has 9 nitrogen and oxygen atoms in total. The van der Waals surface area contributed by atoms with E-state index < -0.39 is 27.7 Å². The molecule has 0 bridgehead atoms. The number of hydrogen-bond acceptors (Lipinski definition) is 8. The van der Waals surface area contributed by atoms with Crippen LogP contribution in [0.5, 0.6) is 5.75 Å². The van der Waals surface area contributed by atoms with Crippen LogP contribution in [0.3, 0.4) is 0 Å². The van der Waals surface area contributed by atoms with E-state index in [1.54, 1.807) is 29.2 Å². The van der Waals surface area contributed by atoms with Gasteiger partial charge in [0, 0.05) is 25.4 Å². The van der Waals surface area contributed by atoms with Crippen molar-refractivity contribution >= 4 is 45.0 Å². The predicted octanol–water partition coefficient (Wildman–Crippen LogP) is 0.705. The van der Waals surface area contributed by atoms with Gasteiger partial charge in [-0.3, -0.25) is 19.4 Å². The average molecular weight is 570 g/mol. The largest absolute Gasteiger partial charge is 1.00 e. The van der Waals surface area contributed by atoms with Crippen molar-refractivity contribution in [1.29, 1.82) is 0 Å². The minimum absolute atomic E-state index is 0. The number of carbonyl (C=O) groups excluding carboxylic acids is 2. The van der Waals surface area contributed by atoms with E-state index in [-0.39, 0.29) is 53.2 Å². The quantitative estimate of drug-likeness (QED) is 0.119. The minimum atomic E-state index is -4.32. The normalized spacial score (nSPS) is 16.8. The van der Waals surface area contributed by atoms with Crippen molar-refractivity contribution in [3.63, 3.8) is 0 Å². The fourth-order valence-electron chi connectivity index (χ4n) is 3.97. The van der Waals surface area contributed by atoms with Crippen LogP contribution in [0, 0.1) is 0 Å². The molecule has 0 radical (unpaired) electrons. The van der Waals surface area contributed by atoms with E-state index in [9.17, 15) is 22.6 Å². The number of carbonyl (C=O) groups is 2. The molecule has 38 heavy (non-hydrogen) atoms. The molecule has 2 amide bonds. The first-order valence-electron chi connectivity index (χ1n) is 12.4. The van der Waals surface area contributed by atoms with Crippen molar-refractivity contribution in [2.75, 3.05) is 30.3 Å². The van der Waals surface area contributed by atoms with Crippen molar-refractivity contribution < 1.29 is 56.9 Å². The summed E-state index contributed by atoms with van der Waals surface area (Å²) in [7, 11) is -4.32. The molecule has 1 fully saturated rings. The van der Waals surface area contributed by atoms with Crippen molar-refractivity contribution in [3.05, 3.63) is 60.0 Å². The third-order valence-electron chi connectivity index (χ3n) is 5.91. The van der Waals surface area contributed by atoms with E-state index in [1.807, 2.05) is 32.0 Å². The Hall–Kier alpha value is -2.02. The van der Waals surface area contributed by atoms with Gasteiger partial charge in [-0.1, -0.05) is 51.0 Å². The molecule has 0 N–H and O–H groups in total. The summed E-state index contributed by atoms with van der Waals surface area (Å²) in [4.78, 5) is 31.0. The standard InChI is InChI=1S/C26H33N3O6S2.Na/c1-3-5-16-28-24(30)20(25(31)29(26(28)36)17-6-4-2)12-7-10-15-23-27(18-11-19-37(32,33)34)21-13-8-9-14-22(21)35-23;/h7-10,12-15H,3-6,11,16-19H2,1-2H3,(H,32,33,34);/q;+1/p-1/b10-7-,23-15-;. The maximum Gasteiger partial charge on any atom is 1.00 e. The average Bonchev–Trinajstić information content (AvgIpc) is 3.20. The molecule has 1 aromatic carbocycles. The van der Waals surface area contributed by atoms with Crippen LogP contribution in [-0.4, -0.2) is 65.1 Å². The fraction of sp³-hybridized carbons (Fsp3) is 0.423. The van der Waals surface area contributed by atoms with Gasteiger partial charge in [0.25, 0.3) is 11.8 Å². The SMILES string of the molecule is CCCCN1C(=O)C(=C/C=C\C=C2/Oc3ccccc3N2CCCS(=O)(=O)[O-])C(=O)N(CCCC)C1=S.[Na+]. The molecule has 0 spiro atoms. The molecule has 1 aromatic rings. The summed E-state index contributed by atoms with van der Waals surface area (Å²) in [5.41, 5.74) is 0.802. The van der Waals surface area contributed by atoms with Crippen LogP contribution in [0.15, 0.2) is 60.0 Å². The van der Waals surface area contributed by atoms with Crippen molar-refractivity contribution in [2.45, 2.75) is 46.0 Å². The molecule has 0 aliphatic carbocycles. The van der Waals surface area contributed by atoms with E-state index in [0.29, 0.717) is 24.7 Å². The Morgan fingerprint density at radius 2 is 1.45 bits per heavy atom. The minimum Gasteiger partial charge on any atom is -0.748 e. The van der Waals surface area contributed by atoms with E-state index in [0.717, 1.165) is 31.4 Å². The van der Waals surface area contributed by atoms with Crippen LogP contribution >= 0.6 is 12.2 Å². The molecule has 0 aromatic heterocycles. The fourth-order valence-corrected chi connectivity index (χ4v) is 4.80. The number of benzene rings is 1. The molecule has 3 rings (SSSR count). The number of anilines is 1. The van der Waals surface area contributed by atoms with E-state index >= 15 is 0 Å². The maximum atomic E-state index is 13.1. The number of nitrogens with zero attached hydrogens (tertiary/aromatic N) is 3. The Morgan fingerprint density at radius 1 is 0.895 bits per heavy atom. The summed E-state index contributed by atoms with van der Waals surface area (Å²) < 4.78 is 39.0. The number of amides is 2. The van der Waals surface area contributed by atoms with Gasteiger partial charge in [-0.05, 0) is 55.8 Å². The van der Waals surface area contributed by atoms with Gasteiger partial charge >= 0.3 is 29.6 Å². The van der Waals surface area contributed by atoms with E-state index in [4.69, 9.17) is 17.0 Å². The Labute approximate surface area is 252 Å². The van der Waals surface area contributed by atoms with Gasteiger partial charge in [0.05, 0.1) is 15.8 Å². The van der Waals surface area contributed by atoms with Gasteiger partial charge in [-0.25, -0.2) is 8.42 Å². The first kappa shape index (κ1) is 32.2. The molecule has 2 aliphatic heterocycles. The van der Waals surface area contributed by atoms with Crippen LogP contribution in [0.4, 0.5) is 5.69 Å². The Balaban J connectivity index is 0.00000507. The Kier molecular flexibility index (Phi) is 12.7. The molecule has 0 saturated carbocycles. The summed E-state index contributed by atoms with van der Waals surface area (Å²) in [6, 6.07) is 7.28. The van der Waals surface area contributed by atoms with E-state index in [2.05, 4.69) is 0 Å². The van der Waals surface area contributed by atoms with Gasteiger partial charge in [0.15, 0.2) is 10.9 Å². The molecular weight excluding hydrogens is 537 g/mol. The molecule has 12 heteroatoms. The number of hydrogen-bond donors (Lipinski definition) is 0. The summed E-state index contributed by atoms with van der Waals surface area (Å²) in [5, 5.41) is 0.257. The third kappa shape index (κ3) is 8.24. The van der Waals surface area contributed by atoms with E-state index in [1.165, 1.54) is 15.9 Å². The smallest absolute Gasteiger partial charge is 0.748 e. The van der Waals surface area contributed by atoms with Gasteiger partial charge < -0.3 is 14.2 Å². The second-order valence-corrected chi connectivity index (χ2v) is 10.6. The Bertz CT molecular complexity index is 1200. The van der Waals surface area contributed by atoms with Gasteiger partial charge in [0.2, 0.25) is 5.88 Å². The van der Waals surface area contributed by atoms with Crippen molar-refractivity contribution in [3.8, 4) is 5.75 Å². The first-order valence-corrected chi connectivity index (χ1v) is 14.4. The summed E-state index contributed by atoms with van der Waals surface area (Å²) in [6.45, 7) is 5.23. The maximum absolute atomic E-state index is 13.1. The predicted molar refractivity (Wildman–Crippen MR) is 145 cm³/mol. The summed E-state index contributed by atoms with van der Waals surface area (Å²) in [5.74, 6) is -0.238. The molecule has 2 heterocycles. The monoisotopic (exact) mass is 569 g/mol. The van der Waals surface area contributed by atoms with Gasteiger partial charge in [0.1, 0.15) is 5.57 Å². The number of ether oxygens (including phenoxy) is 1. The second kappa shape index (κ2) is 14.9. The molecule has 1 saturated heterocycles. The number of rotatable bonds is 12. The number of fused-ring (bicyclic) bond motifs is 1. The van der Waals surface area contributed by atoms with Crippen LogP contribution in [0.1, 0.15) is 46.0 Å². The van der Waals surface area contributed by atoms with Crippen LogP contribution in [0.25, 0.3) is 0 Å². The topological polar surface area (TPSA) is 110 Å². The van der Waals surface area contributed by atoms with Crippen molar-refractivity contribution in [2.24, 2.45) is 0 Å². The van der Waals surface area contributed by atoms with Crippen LogP contribution < -0.4 is 39.2 Å². The first-order chi connectivity index (χ1) is 17.7. The van der Waals surface area contributed by atoms with Crippen molar-refractivity contribution in [1.82, 2.24) is 9.80 Å². The second-order valence-electron chi connectivity index (χ2n) is 8.71. The van der Waals surface area contributed by atoms with Crippen LogP contribution in [0.2, 0.25) is 0 Å². The van der Waals surface area contributed by atoms with Gasteiger partial charge in [-0.15, -0.1) is 0 Å². The number of allylic oxidation sites excluding steroid dienone is 4. The zero-order valence-electron chi connectivity index (χ0n) is 22.1. The molecule has 0 unspecified atom stereocenters. The van der Waals surface area contributed by atoms with Gasteiger partial charge in [-0.2, -0.15) is 0 Å². The third-order valence-corrected chi connectivity index (χ3v) is 7.14. The Morgan fingerprint density at radius 3 is 2.03 bits per heavy atom. The molecule has 200 valence electrons. The number of thiocarbonyl (C=S) groups is 1. The molecule has 0 atom stereocenters. The zero-order valence-corrected chi connectivity index (χ0v) is 25.7. The zero-order chi connectivity index (χ0) is 27.0. The summed E-state index contributed by atoms with van der Waals surface area (Å²) >= 11 is 5.47. The summed E-state index contributed by atoms with van der Waals surface area (Å²) in [6.07, 6.45) is 9.85. The number of para-hydroxylation sites is 2. The molecular formula is C26H32N3NaO6S2. The molecule has 2 aliphatic rings.